The van der Waals surface area contributed by atoms with Gasteiger partial charge in [-0.15, -0.1) is 0 Å². The third-order valence-electron chi connectivity index (χ3n) is 5.67. The van der Waals surface area contributed by atoms with Gasteiger partial charge in [-0.1, -0.05) is 66.7 Å². The summed E-state index contributed by atoms with van der Waals surface area (Å²) >= 11 is 0. The summed E-state index contributed by atoms with van der Waals surface area (Å²) in [5.74, 6) is 0.0256. The van der Waals surface area contributed by atoms with Crippen LogP contribution in [0.3, 0.4) is 0 Å². The van der Waals surface area contributed by atoms with Gasteiger partial charge in [0.05, 0.1) is 5.56 Å². The van der Waals surface area contributed by atoms with Gasteiger partial charge in [0.25, 0.3) is 16.6 Å². The van der Waals surface area contributed by atoms with E-state index in [1.807, 2.05) is 73.8 Å². The van der Waals surface area contributed by atoms with E-state index in [-0.39, 0.29) is 17.3 Å². The van der Waals surface area contributed by atoms with Crippen LogP contribution in [0.5, 0.6) is 5.75 Å². The number of ketones is 2. The van der Waals surface area contributed by atoms with Crippen molar-refractivity contribution in [1.29, 1.82) is 0 Å². The highest BCUT2D eigenvalue weighted by molar-refractivity contribution is 6.85. The van der Waals surface area contributed by atoms with E-state index < -0.39 is 16.6 Å². The van der Waals surface area contributed by atoms with E-state index in [2.05, 4.69) is 13.1 Å². The highest BCUT2D eigenvalue weighted by Gasteiger charge is 2.36. The molecule has 0 saturated heterocycles. The van der Waals surface area contributed by atoms with Crippen molar-refractivity contribution in [3.05, 3.63) is 102 Å². The van der Waals surface area contributed by atoms with Gasteiger partial charge in [0.15, 0.2) is 11.5 Å². The molecule has 1 aliphatic carbocycles. The van der Waals surface area contributed by atoms with Crippen molar-refractivity contribution in [2.75, 3.05) is 0 Å². The number of carbonyl (C=O) groups is 2. The first-order valence-electron chi connectivity index (χ1n) is 10.6. The maximum atomic E-state index is 13.3. The molecule has 6 heteroatoms. The number of Topliss-reactive ketones (excluding diaryl/α,β-unsaturated/α-hetero) is 1. The molecule has 0 heterocycles. The summed E-state index contributed by atoms with van der Waals surface area (Å²) in [4.78, 5) is 26.4. The quantitative estimate of drug-likeness (QED) is 0.508. The van der Waals surface area contributed by atoms with E-state index in [4.69, 9.17) is 8.85 Å². The lowest BCUT2D eigenvalue weighted by molar-refractivity contribution is 0.0944. The third-order valence-corrected chi connectivity index (χ3v) is 10.6. The largest absolute Gasteiger partial charge is 0.539 e. The van der Waals surface area contributed by atoms with Gasteiger partial charge in [0, 0.05) is 11.6 Å². The van der Waals surface area contributed by atoms with Gasteiger partial charge in [0.2, 0.25) is 5.78 Å². The van der Waals surface area contributed by atoms with Gasteiger partial charge in [-0.25, -0.2) is 0 Å². The maximum absolute atomic E-state index is 13.3. The zero-order valence-electron chi connectivity index (χ0n) is 18.7. The van der Waals surface area contributed by atoms with Crippen LogP contribution >= 0.6 is 0 Å². The summed E-state index contributed by atoms with van der Waals surface area (Å²) in [7, 11) is -4.76. The Kier molecular flexibility index (Phi) is 5.75. The van der Waals surface area contributed by atoms with Crippen LogP contribution in [0.15, 0.2) is 90.7 Å². The number of fused-ring (bicyclic) bond motifs is 1. The molecule has 3 aromatic carbocycles. The van der Waals surface area contributed by atoms with Crippen LogP contribution in [0.2, 0.25) is 26.2 Å². The predicted octanol–water partition coefficient (Wildman–Crippen LogP) is 4.57. The molecule has 0 N–H and O–H groups in total. The molecule has 0 atom stereocenters. The zero-order valence-corrected chi connectivity index (χ0v) is 20.7. The molecule has 0 aromatic heterocycles. The second-order valence-corrected chi connectivity index (χ2v) is 16.4. The first-order chi connectivity index (χ1) is 15.2. The van der Waals surface area contributed by atoms with Crippen LogP contribution in [0.1, 0.15) is 20.7 Å². The fourth-order valence-corrected chi connectivity index (χ4v) is 7.52. The van der Waals surface area contributed by atoms with E-state index in [1.54, 1.807) is 18.2 Å². The Morgan fingerprint density at radius 2 is 1.16 bits per heavy atom. The van der Waals surface area contributed by atoms with Gasteiger partial charge in [-0.05, 0) is 48.7 Å². The van der Waals surface area contributed by atoms with Crippen LogP contribution in [-0.4, -0.2) is 28.2 Å². The normalized spacial score (nSPS) is 13.9. The Bertz CT molecular complexity index is 1200. The molecular weight excluding hydrogens is 432 g/mol. The van der Waals surface area contributed by atoms with Crippen molar-refractivity contribution in [1.82, 2.24) is 0 Å². The summed E-state index contributed by atoms with van der Waals surface area (Å²) in [6, 6.07) is 25.0. The molecule has 0 fully saturated rings. The number of benzene rings is 3. The molecule has 0 spiro atoms. The van der Waals surface area contributed by atoms with Crippen LogP contribution in [0, 0.1) is 0 Å². The third kappa shape index (κ3) is 4.24. The lowest BCUT2D eigenvalue weighted by Crippen LogP contribution is -2.48. The molecule has 3 aromatic rings. The monoisotopic (exact) mass is 458 g/mol. The molecule has 1 aliphatic rings. The van der Waals surface area contributed by atoms with Gasteiger partial charge in [0.1, 0.15) is 5.75 Å². The van der Waals surface area contributed by atoms with E-state index in [0.29, 0.717) is 16.9 Å². The van der Waals surface area contributed by atoms with Gasteiger partial charge in [-0.2, -0.15) is 0 Å². The maximum Gasteiger partial charge on any atom is 0.277 e. The van der Waals surface area contributed by atoms with Gasteiger partial charge < -0.3 is 8.85 Å². The highest BCUT2D eigenvalue weighted by atomic mass is 28.4. The molecule has 4 rings (SSSR count). The van der Waals surface area contributed by atoms with Crippen molar-refractivity contribution in [2.24, 2.45) is 0 Å². The Labute approximate surface area is 190 Å². The van der Waals surface area contributed by atoms with Crippen molar-refractivity contribution in [2.45, 2.75) is 26.2 Å². The second kappa shape index (κ2) is 8.37. The van der Waals surface area contributed by atoms with E-state index in [9.17, 15) is 9.59 Å². The van der Waals surface area contributed by atoms with Crippen LogP contribution in [0.4, 0.5) is 0 Å². The number of hydrogen-bond acceptors (Lipinski definition) is 4. The van der Waals surface area contributed by atoms with Crippen molar-refractivity contribution in [3.63, 3.8) is 0 Å². The van der Waals surface area contributed by atoms with Crippen molar-refractivity contribution >= 4 is 38.6 Å². The topological polar surface area (TPSA) is 52.6 Å². The average Bonchev–Trinajstić information content (AvgIpc) is 2.78. The number of carbonyl (C=O) groups excluding carboxylic acids is 2. The van der Waals surface area contributed by atoms with Gasteiger partial charge >= 0.3 is 0 Å². The minimum Gasteiger partial charge on any atom is -0.539 e. The van der Waals surface area contributed by atoms with Crippen LogP contribution in [0.25, 0.3) is 0 Å². The molecule has 0 radical (unpaired) electrons. The number of rotatable bonds is 6. The minimum atomic E-state index is -2.42. The van der Waals surface area contributed by atoms with Gasteiger partial charge in [-0.3, -0.25) is 9.59 Å². The fraction of sp³-hybridized carbons (Fsp3) is 0.154. The first kappa shape index (κ1) is 22.0. The van der Waals surface area contributed by atoms with E-state index >= 15 is 0 Å². The minimum absolute atomic E-state index is 0.111. The smallest absolute Gasteiger partial charge is 0.277 e. The molecule has 162 valence electrons. The Balaban J connectivity index is 1.66. The van der Waals surface area contributed by atoms with Crippen LogP contribution in [-0.2, 0) is 4.43 Å². The Morgan fingerprint density at radius 1 is 0.625 bits per heavy atom. The summed E-state index contributed by atoms with van der Waals surface area (Å²) in [6.45, 7) is 8.19. The molecular formula is C26H26O4Si2. The molecule has 0 unspecified atom stereocenters. The van der Waals surface area contributed by atoms with E-state index in [0.717, 1.165) is 10.4 Å². The summed E-state index contributed by atoms with van der Waals surface area (Å²) in [5, 5.41) is 2.17. The zero-order chi connectivity index (χ0) is 22.9. The summed E-state index contributed by atoms with van der Waals surface area (Å²) in [5.41, 5.74) is 0.654. The fourth-order valence-electron chi connectivity index (χ4n) is 3.87. The lowest BCUT2D eigenvalue weighted by Gasteiger charge is -2.29. The standard InChI is InChI=1S/C26H26O4Si2/c1-31(2,19-12-7-5-8-13-19)29-23-17-11-16-21-25(23)22(27)18-24(26(21)28)30-32(3,4)20-14-9-6-10-15-20/h5-18H,1-4H3. The average molecular weight is 459 g/mol. The first-order valence-corrected chi connectivity index (χ1v) is 16.4. The molecule has 0 amide bonds. The molecule has 0 saturated carbocycles. The SMILES string of the molecule is C[Si](C)(OC1=CC(=O)c2c(O[Si](C)(C)c3ccccc3)cccc2C1=O)c1ccccc1. The highest BCUT2D eigenvalue weighted by Crippen LogP contribution is 2.32. The predicted molar refractivity (Wildman–Crippen MR) is 132 cm³/mol. The molecule has 0 aliphatic heterocycles. The number of allylic oxidation sites excluding steroid dienone is 2. The summed E-state index contributed by atoms with van der Waals surface area (Å²) in [6.07, 6.45) is 1.33. The molecule has 0 bridgehead atoms. The Hall–Kier alpha value is -3.23. The lowest BCUT2D eigenvalue weighted by atomic mass is 9.93. The second-order valence-electron chi connectivity index (χ2n) is 8.84. The molecule has 32 heavy (non-hydrogen) atoms. The van der Waals surface area contributed by atoms with E-state index in [1.165, 1.54) is 6.08 Å². The summed E-state index contributed by atoms with van der Waals surface area (Å²) < 4.78 is 12.6. The van der Waals surface area contributed by atoms with Crippen molar-refractivity contribution < 1.29 is 18.4 Å². The van der Waals surface area contributed by atoms with Crippen LogP contribution < -0.4 is 14.8 Å². The molecule has 4 nitrogen and oxygen atoms in total. The Morgan fingerprint density at radius 3 is 1.72 bits per heavy atom. The number of hydrogen-bond donors (Lipinski definition) is 0. The van der Waals surface area contributed by atoms with Crippen molar-refractivity contribution in [3.8, 4) is 5.75 Å².